The number of unbranched alkanes of at least 4 members (excludes halogenated alkanes) is 1. The van der Waals surface area contributed by atoms with Gasteiger partial charge < -0.3 is 10.4 Å². The molecule has 0 bridgehead atoms. The summed E-state index contributed by atoms with van der Waals surface area (Å²) in [5.74, 6) is 0.347. The van der Waals surface area contributed by atoms with E-state index in [4.69, 9.17) is 0 Å². The highest BCUT2D eigenvalue weighted by molar-refractivity contribution is 5.78. The molecule has 4 heteroatoms. The standard InChI is InChI=1S/C15H27NO3/c1-11(12(2)17)7-3-6-10-15(19)16-13-8-4-5-9-14(13)18/h11,13-14,18H,3-10H2,1-2H3,(H,16,19). The molecular formula is C15H27NO3. The Morgan fingerprint density at radius 3 is 2.58 bits per heavy atom. The quantitative estimate of drug-likeness (QED) is 0.696. The van der Waals surface area contributed by atoms with Crippen molar-refractivity contribution in [1.29, 1.82) is 0 Å². The van der Waals surface area contributed by atoms with Crippen molar-refractivity contribution in [2.75, 3.05) is 0 Å². The highest BCUT2D eigenvalue weighted by Crippen LogP contribution is 2.18. The van der Waals surface area contributed by atoms with E-state index in [0.29, 0.717) is 6.42 Å². The first-order valence-electron chi connectivity index (χ1n) is 7.48. The van der Waals surface area contributed by atoms with Crippen LogP contribution in [0.3, 0.4) is 0 Å². The fourth-order valence-electron chi connectivity index (χ4n) is 2.50. The molecule has 0 spiro atoms. The van der Waals surface area contributed by atoms with Crippen LogP contribution in [0.15, 0.2) is 0 Å². The number of hydrogen-bond acceptors (Lipinski definition) is 3. The molecule has 1 amide bonds. The molecule has 2 N–H and O–H groups in total. The van der Waals surface area contributed by atoms with Gasteiger partial charge in [-0.25, -0.2) is 0 Å². The van der Waals surface area contributed by atoms with E-state index in [1.165, 1.54) is 0 Å². The van der Waals surface area contributed by atoms with E-state index in [9.17, 15) is 14.7 Å². The number of carbonyl (C=O) groups is 2. The average molecular weight is 269 g/mol. The zero-order valence-corrected chi connectivity index (χ0v) is 12.2. The SMILES string of the molecule is CC(=O)C(C)CCCCC(=O)NC1CCCCC1O. The molecule has 19 heavy (non-hydrogen) atoms. The average Bonchev–Trinajstić information content (AvgIpc) is 2.37. The molecule has 0 aromatic rings. The second kappa shape index (κ2) is 8.31. The van der Waals surface area contributed by atoms with Gasteiger partial charge in [-0.2, -0.15) is 0 Å². The van der Waals surface area contributed by atoms with Crippen LogP contribution in [0.25, 0.3) is 0 Å². The van der Waals surface area contributed by atoms with E-state index in [0.717, 1.165) is 44.9 Å². The molecule has 1 fully saturated rings. The third-order valence-electron chi connectivity index (χ3n) is 4.06. The summed E-state index contributed by atoms with van der Waals surface area (Å²) >= 11 is 0. The van der Waals surface area contributed by atoms with Crippen LogP contribution in [-0.4, -0.2) is 28.9 Å². The summed E-state index contributed by atoms with van der Waals surface area (Å²) < 4.78 is 0. The number of ketones is 1. The van der Waals surface area contributed by atoms with Gasteiger partial charge in [0.05, 0.1) is 12.1 Å². The maximum atomic E-state index is 11.7. The van der Waals surface area contributed by atoms with Crippen LogP contribution in [0.2, 0.25) is 0 Å². The Labute approximate surface area is 116 Å². The molecule has 0 aliphatic heterocycles. The minimum atomic E-state index is -0.379. The fraction of sp³-hybridized carbons (Fsp3) is 0.867. The Morgan fingerprint density at radius 2 is 1.95 bits per heavy atom. The summed E-state index contributed by atoms with van der Waals surface area (Å²) in [7, 11) is 0. The molecule has 3 unspecified atom stereocenters. The predicted octanol–water partition coefficient (Wildman–Crippen LogP) is 2.19. The molecule has 0 radical (unpaired) electrons. The van der Waals surface area contributed by atoms with E-state index >= 15 is 0 Å². The third-order valence-corrected chi connectivity index (χ3v) is 4.06. The van der Waals surface area contributed by atoms with Crippen LogP contribution in [0.4, 0.5) is 0 Å². The number of hydrogen-bond donors (Lipinski definition) is 2. The number of nitrogens with one attached hydrogen (secondary N) is 1. The van der Waals surface area contributed by atoms with Crippen LogP contribution in [-0.2, 0) is 9.59 Å². The smallest absolute Gasteiger partial charge is 0.220 e. The number of aliphatic hydroxyl groups excluding tert-OH is 1. The van der Waals surface area contributed by atoms with E-state index in [1.54, 1.807) is 6.92 Å². The van der Waals surface area contributed by atoms with Gasteiger partial charge in [-0.3, -0.25) is 9.59 Å². The van der Waals surface area contributed by atoms with Gasteiger partial charge in [-0.15, -0.1) is 0 Å². The van der Waals surface area contributed by atoms with Gasteiger partial charge in [0.25, 0.3) is 0 Å². The molecule has 1 aliphatic rings. The van der Waals surface area contributed by atoms with Crippen molar-refractivity contribution in [3.8, 4) is 0 Å². The molecule has 110 valence electrons. The molecule has 1 saturated carbocycles. The lowest BCUT2D eigenvalue weighted by atomic mass is 9.92. The van der Waals surface area contributed by atoms with Crippen molar-refractivity contribution in [2.45, 2.75) is 77.4 Å². The van der Waals surface area contributed by atoms with Crippen LogP contribution >= 0.6 is 0 Å². The number of Topliss-reactive ketones (excluding diaryl/α,β-unsaturated/α-hetero) is 1. The summed E-state index contributed by atoms with van der Waals surface area (Å²) in [6, 6.07) is -0.0580. The van der Waals surface area contributed by atoms with Gasteiger partial charge in [0.15, 0.2) is 0 Å². The second-order valence-electron chi connectivity index (χ2n) is 5.78. The predicted molar refractivity (Wildman–Crippen MR) is 74.7 cm³/mol. The summed E-state index contributed by atoms with van der Waals surface area (Å²) in [6.45, 7) is 3.54. The topological polar surface area (TPSA) is 66.4 Å². The van der Waals surface area contributed by atoms with Crippen molar-refractivity contribution in [2.24, 2.45) is 5.92 Å². The summed E-state index contributed by atoms with van der Waals surface area (Å²) in [4.78, 5) is 22.8. The van der Waals surface area contributed by atoms with Gasteiger partial charge in [-0.1, -0.05) is 26.2 Å². The zero-order chi connectivity index (χ0) is 14.3. The lowest BCUT2D eigenvalue weighted by molar-refractivity contribution is -0.123. The molecule has 0 heterocycles. The largest absolute Gasteiger partial charge is 0.391 e. The highest BCUT2D eigenvalue weighted by atomic mass is 16.3. The molecular weight excluding hydrogens is 242 g/mol. The molecule has 3 atom stereocenters. The molecule has 4 nitrogen and oxygen atoms in total. The van der Waals surface area contributed by atoms with Crippen molar-refractivity contribution >= 4 is 11.7 Å². The van der Waals surface area contributed by atoms with Gasteiger partial charge in [0, 0.05) is 12.3 Å². The summed E-state index contributed by atoms with van der Waals surface area (Å²) in [5.41, 5.74) is 0. The highest BCUT2D eigenvalue weighted by Gasteiger charge is 2.24. The van der Waals surface area contributed by atoms with Crippen LogP contribution in [0.5, 0.6) is 0 Å². The van der Waals surface area contributed by atoms with Crippen molar-refractivity contribution in [3.63, 3.8) is 0 Å². The normalized spacial score (nSPS) is 24.8. The van der Waals surface area contributed by atoms with Gasteiger partial charge in [0.1, 0.15) is 5.78 Å². The number of amides is 1. The fourth-order valence-corrected chi connectivity index (χ4v) is 2.50. The van der Waals surface area contributed by atoms with Gasteiger partial charge in [0.2, 0.25) is 5.91 Å². The Bertz CT molecular complexity index is 304. The lowest BCUT2D eigenvalue weighted by Crippen LogP contribution is -2.44. The van der Waals surface area contributed by atoms with E-state index < -0.39 is 0 Å². The van der Waals surface area contributed by atoms with Crippen molar-refractivity contribution in [3.05, 3.63) is 0 Å². The van der Waals surface area contributed by atoms with Crippen LogP contribution in [0, 0.1) is 5.92 Å². The lowest BCUT2D eigenvalue weighted by Gasteiger charge is -2.28. The van der Waals surface area contributed by atoms with Crippen molar-refractivity contribution in [1.82, 2.24) is 5.32 Å². The van der Waals surface area contributed by atoms with E-state index in [-0.39, 0.29) is 29.8 Å². The summed E-state index contributed by atoms with van der Waals surface area (Å²) in [5, 5.41) is 12.7. The zero-order valence-electron chi connectivity index (χ0n) is 12.2. The van der Waals surface area contributed by atoms with E-state index in [1.807, 2.05) is 6.92 Å². The Morgan fingerprint density at radius 1 is 1.26 bits per heavy atom. The monoisotopic (exact) mass is 269 g/mol. The van der Waals surface area contributed by atoms with Gasteiger partial charge >= 0.3 is 0 Å². The van der Waals surface area contributed by atoms with Gasteiger partial charge in [-0.05, 0) is 32.6 Å². The maximum absolute atomic E-state index is 11.7. The molecule has 0 saturated heterocycles. The molecule has 0 aromatic carbocycles. The van der Waals surface area contributed by atoms with E-state index in [2.05, 4.69) is 5.32 Å². The summed E-state index contributed by atoms with van der Waals surface area (Å²) in [6.07, 6.45) is 6.50. The molecule has 0 aromatic heterocycles. The molecule has 1 aliphatic carbocycles. The number of aliphatic hydroxyl groups is 1. The maximum Gasteiger partial charge on any atom is 0.220 e. The minimum absolute atomic E-state index is 0.0291. The first kappa shape index (κ1) is 16.2. The second-order valence-corrected chi connectivity index (χ2v) is 5.78. The Kier molecular flexibility index (Phi) is 7.06. The third kappa shape index (κ3) is 6.19. The first-order valence-corrected chi connectivity index (χ1v) is 7.48. The molecule has 1 rings (SSSR count). The number of rotatable bonds is 7. The van der Waals surface area contributed by atoms with Crippen LogP contribution in [0.1, 0.15) is 65.2 Å². The first-order chi connectivity index (χ1) is 9.00. The van der Waals surface area contributed by atoms with Crippen LogP contribution < -0.4 is 5.32 Å². The number of carbonyl (C=O) groups excluding carboxylic acids is 2. The Balaban J connectivity index is 2.12. The minimum Gasteiger partial charge on any atom is -0.391 e. The Hall–Kier alpha value is -0.900. The van der Waals surface area contributed by atoms with Crippen molar-refractivity contribution < 1.29 is 14.7 Å².